The minimum atomic E-state index is -0.453. The number of hydrogen-bond acceptors (Lipinski definition) is 3. The van der Waals surface area contributed by atoms with Crippen molar-refractivity contribution in [1.29, 1.82) is 0 Å². The van der Waals surface area contributed by atoms with Crippen molar-refractivity contribution in [3.63, 3.8) is 0 Å². The van der Waals surface area contributed by atoms with Crippen LogP contribution in [0.5, 0.6) is 17.2 Å². The first kappa shape index (κ1) is 14.9. The molecule has 0 amide bonds. The molecule has 0 heterocycles. The lowest BCUT2D eigenvalue weighted by atomic mass is 10.1. The fourth-order valence-corrected chi connectivity index (χ4v) is 1.94. The zero-order valence-corrected chi connectivity index (χ0v) is 12.2. The first-order chi connectivity index (χ1) is 10.2. The van der Waals surface area contributed by atoms with Gasteiger partial charge in [0.25, 0.3) is 0 Å². The summed E-state index contributed by atoms with van der Waals surface area (Å²) >= 11 is 0. The van der Waals surface area contributed by atoms with E-state index in [-0.39, 0.29) is 5.75 Å². The average molecular weight is 288 g/mol. The quantitative estimate of drug-likeness (QED) is 0.778. The maximum Gasteiger partial charge on any atom is 0.196 e. The minimum absolute atomic E-state index is 0.110. The molecule has 0 aliphatic rings. The molecule has 0 aliphatic carbocycles. The van der Waals surface area contributed by atoms with Gasteiger partial charge in [0.15, 0.2) is 17.3 Å². The molecule has 0 saturated heterocycles. The fraction of sp³-hybridized carbons (Fsp3) is 0.176. The smallest absolute Gasteiger partial charge is 0.196 e. The van der Waals surface area contributed by atoms with E-state index in [4.69, 9.17) is 14.2 Å². The van der Waals surface area contributed by atoms with Crippen LogP contribution in [-0.2, 0) is 0 Å². The lowest BCUT2D eigenvalue weighted by Gasteiger charge is -2.09. The van der Waals surface area contributed by atoms with Crippen LogP contribution in [0.1, 0.15) is 11.1 Å². The average Bonchev–Trinajstić information content (AvgIpc) is 2.52. The van der Waals surface area contributed by atoms with E-state index < -0.39 is 5.82 Å². The summed E-state index contributed by atoms with van der Waals surface area (Å²) in [5, 5.41) is 0. The Morgan fingerprint density at radius 1 is 0.810 bits per heavy atom. The van der Waals surface area contributed by atoms with E-state index >= 15 is 0 Å². The van der Waals surface area contributed by atoms with E-state index in [9.17, 15) is 4.39 Å². The SMILES string of the molecule is COc1ccc(/C=C\c2cc(F)c(OC)c(OC)c2)cc1. The summed E-state index contributed by atoms with van der Waals surface area (Å²) in [6, 6.07) is 10.7. The third-order valence-electron chi connectivity index (χ3n) is 3.04. The molecule has 0 spiro atoms. The second-order valence-corrected chi connectivity index (χ2v) is 4.34. The summed E-state index contributed by atoms with van der Waals surface area (Å²) in [6.07, 6.45) is 3.70. The van der Waals surface area contributed by atoms with Gasteiger partial charge in [0.05, 0.1) is 21.3 Å². The van der Waals surface area contributed by atoms with Gasteiger partial charge < -0.3 is 14.2 Å². The van der Waals surface area contributed by atoms with Gasteiger partial charge in [0, 0.05) is 0 Å². The Labute approximate surface area is 123 Å². The molecule has 0 N–H and O–H groups in total. The zero-order valence-electron chi connectivity index (χ0n) is 12.2. The number of methoxy groups -OCH3 is 3. The lowest BCUT2D eigenvalue weighted by molar-refractivity contribution is 0.337. The molecule has 2 rings (SSSR count). The first-order valence-electron chi connectivity index (χ1n) is 6.41. The van der Waals surface area contributed by atoms with Gasteiger partial charge in [-0.15, -0.1) is 0 Å². The van der Waals surface area contributed by atoms with Gasteiger partial charge in [-0.3, -0.25) is 0 Å². The van der Waals surface area contributed by atoms with Crippen molar-refractivity contribution in [2.75, 3.05) is 21.3 Å². The van der Waals surface area contributed by atoms with E-state index in [1.807, 2.05) is 36.4 Å². The molecule has 3 nitrogen and oxygen atoms in total. The van der Waals surface area contributed by atoms with Crippen molar-refractivity contribution in [1.82, 2.24) is 0 Å². The Bertz CT molecular complexity index is 633. The van der Waals surface area contributed by atoms with Crippen LogP contribution in [0.4, 0.5) is 4.39 Å². The Hall–Kier alpha value is -2.49. The van der Waals surface area contributed by atoms with Crippen LogP contribution >= 0.6 is 0 Å². The van der Waals surface area contributed by atoms with Crippen molar-refractivity contribution in [3.05, 3.63) is 53.3 Å². The van der Waals surface area contributed by atoms with Crippen LogP contribution in [-0.4, -0.2) is 21.3 Å². The highest BCUT2D eigenvalue weighted by molar-refractivity contribution is 5.71. The highest BCUT2D eigenvalue weighted by Crippen LogP contribution is 2.31. The van der Waals surface area contributed by atoms with E-state index in [2.05, 4.69) is 0 Å². The molecule has 4 heteroatoms. The molecule has 0 saturated carbocycles. The Kier molecular flexibility index (Phi) is 4.82. The van der Waals surface area contributed by atoms with Crippen LogP contribution in [0.3, 0.4) is 0 Å². The Morgan fingerprint density at radius 2 is 1.48 bits per heavy atom. The third-order valence-corrected chi connectivity index (χ3v) is 3.04. The molecular weight excluding hydrogens is 271 g/mol. The molecule has 0 aromatic heterocycles. The second kappa shape index (κ2) is 6.79. The third kappa shape index (κ3) is 3.54. The number of benzene rings is 2. The highest BCUT2D eigenvalue weighted by Gasteiger charge is 2.10. The van der Waals surface area contributed by atoms with Crippen LogP contribution < -0.4 is 14.2 Å². The predicted octanol–water partition coefficient (Wildman–Crippen LogP) is 4.02. The van der Waals surface area contributed by atoms with Crippen LogP contribution in [0, 0.1) is 5.82 Å². The van der Waals surface area contributed by atoms with E-state index in [1.165, 1.54) is 20.3 Å². The normalized spacial score (nSPS) is 10.7. The number of rotatable bonds is 5. The molecule has 2 aromatic carbocycles. The number of ether oxygens (including phenoxy) is 3. The topological polar surface area (TPSA) is 27.7 Å². The van der Waals surface area contributed by atoms with Gasteiger partial charge in [-0.25, -0.2) is 4.39 Å². The summed E-state index contributed by atoms with van der Waals surface area (Å²) in [7, 11) is 4.51. The minimum Gasteiger partial charge on any atom is -0.497 e. The van der Waals surface area contributed by atoms with Crippen LogP contribution in [0.15, 0.2) is 36.4 Å². The van der Waals surface area contributed by atoms with Gasteiger partial charge >= 0.3 is 0 Å². The van der Waals surface area contributed by atoms with Crippen molar-refractivity contribution >= 4 is 12.2 Å². The molecule has 110 valence electrons. The van der Waals surface area contributed by atoms with Gasteiger partial charge in [0.1, 0.15) is 5.75 Å². The monoisotopic (exact) mass is 288 g/mol. The fourth-order valence-electron chi connectivity index (χ4n) is 1.94. The van der Waals surface area contributed by atoms with Crippen molar-refractivity contribution in [3.8, 4) is 17.2 Å². The predicted molar refractivity (Wildman–Crippen MR) is 81.4 cm³/mol. The lowest BCUT2D eigenvalue weighted by Crippen LogP contribution is -1.94. The Balaban J connectivity index is 2.25. The molecule has 0 atom stereocenters. The standard InChI is InChI=1S/C17H17FO3/c1-19-14-8-6-12(7-9-14)4-5-13-10-15(18)17(21-3)16(11-13)20-2/h4-11H,1-3H3/b5-4-. The summed E-state index contributed by atoms with van der Waals surface area (Å²) in [4.78, 5) is 0. The maximum absolute atomic E-state index is 13.9. The second-order valence-electron chi connectivity index (χ2n) is 4.34. The number of hydrogen-bond donors (Lipinski definition) is 0. The summed E-state index contributed by atoms with van der Waals surface area (Å²) < 4.78 is 29.1. The van der Waals surface area contributed by atoms with Gasteiger partial charge in [-0.1, -0.05) is 24.3 Å². The first-order valence-corrected chi connectivity index (χ1v) is 6.41. The zero-order chi connectivity index (χ0) is 15.2. The highest BCUT2D eigenvalue weighted by atomic mass is 19.1. The molecule has 21 heavy (non-hydrogen) atoms. The van der Waals surface area contributed by atoms with E-state index in [0.717, 1.165) is 11.3 Å². The molecule has 0 bridgehead atoms. The molecular formula is C17H17FO3. The van der Waals surface area contributed by atoms with Gasteiger partial charge in [-0.2, -0.15) is 0 Å². The van der Waals surface area contributed by atoms with Crippen molar-refractivity contribution < 1.29 is 18.6 Å². The van der Waals surface area contributed by atoms with Crippen LogP contribution in [0.2, 0.25) is 0 Å². The summed E-state index contributed by atoms with van der Waals surface area (Å²) in [6.45, 7) is 0. The van der Waals surface area contributed by atoms with E-state index in [0.29, 0.717) is 11.3 Å². The van der Waals surface area contributed by atoms with Crippen molar-refractivity contribution in [2.45, 2.75) is 0 Å². The largest absolute Gasteiger partial charge is 0.497 e. The molecule has 0 fully saturated rings. The molecule has 0 unspecified atom stereocenters. The molecule has 2 aromatic rings. The number of halogens is 1. The Morgan fingerprint density at radius 3 is 2.05 bits per heavy atom. The maximum atomic E-state index is 13.9. The summed E-state index contributed by atoms with van der Waals surface area (Å²) in [5.41, 5.74) is 1.69. The van der Waals surface area contributed by atoms with Gasteiger partial charge in [-0.05, 0) is 35.4 Å². The van der Waals surface area contributed by atoms with Crippen molar-refractivity contribution in [2.24, 2.45) is 0 Å². The van der Waals surface area contributed by atoms with E-state index in [1.54, 1.807) is 13.2 Å². The molecule has 0 radical (unpaired) electrons. The van der Waals surface area contributed by atoms with Crippen LogP contribution in [0.25, 0.3) is 12.2 Å². The van der Waals surface area contributed by atoms with Gasteiger partial charge in [0.2, 0.25) is 0 Å². The molecule has 0 aliphatic heterocycles. The summed E-state index contributed by atoms with van der Waals surface area (Å²) in [5.74, 6) is 0.821.